The molecule has 27 heavy (non-hydrogen) atoms. The summed E-state index contributed by atoms with van der Waals surface area (Å²) in [7, 11) is 3.59. The molecule has 0 atom stereocenters. The SMILES string of the molecule is Cc1cc(C(=O)OCC(=O)N(C)C2CCC(C)CC2)c2c(C)nn(C)c2n1. The van der Waals surface area contributed by atoms with Crippen LogP contribution < -0.4 is 0 Å². The highest BCUT2D eigenvalue weighted by molar-refractivity contribution is 6.04. The quantitative estimate of drug-likeness (QED) is 0.771. The molecule has 1 fully saturated rings. The van der Waals surface area contributed by atoms with Crippen LogP contribution in [0, 0.1) is 19.8 Å². The van der Waals surface area contributed by atoms with Gasteiger partial charge in [0, 0.05) is 25.8 Å². The Balaban J connectivity index is 1.69. The van der Waals surface area contributed by atoms with E-state index in [0.717, 1.165) is 31.6 Å². The van der Waals surface area contributed by atoms with Crippen LogP contribution in [0.5, 0.6) is 0 Å². The van der Waals surface area contributed by atoms with Gasteiger partial charge in [-0.3, -0.25) is 9.48 Å². The third kappa shape index (κ3) is 3.96. The van der Waals surface area contributed by atoms with Crippen LogP contribution in [0.15, 0.2) is 6.07 Å². The third-order valence-corrected chi connectivity index (χ3v) is 5.57. The lowest BCUT2D eigenvalue weighted by molar-refractivity contribution is -0.136. The van der Waals surface area contributed by atoms with Crippen LogP contribution >= 0.6 is 0 Å². The molecule has 0 unspecified atom stereocenters. The lowest BCUT2D eigenvalue weighted by atomic mass is 9.87. The number of hydrogen-bond acceptors (Lipinski definition) is 5. The van der Waals surface area contributed by atoms with Crippen molar-refractivity contribution in [1.82, 2.24) is 19.7 Å². The van der Waals surface area contributed by atoms with E-state index in [0.29, 0.717) is 28.0 Å². The van der Waals surface area contributed by atoms with Gasteiger partial charge in [0.1, 0.15) is 0 Å². The number of carbonyl (C=O) groups excluding carboxylic acids is 2. The first-order chi connectivity index (χ1) is 12.8. The number of esters is 1. The molecular formula is C20H28N4O3. The van der Waals surface area contributed by atoms with Gasteiger partial charge in [-0.15, -0.1) is 0 Å². The van der Waals surface area contributed by atoms with Gasteiger partial charge in [0.2, 0.25) is 0 Å². The monoisotopic (exact) mass is 372 g/mol. The fourth-order valence-electron chi connectivity index (χ4n) is 3.87. The van der Waals surface area contributed by atoms with Crippen molar-refractivity contribution in [3.05, 3.63) is 23.0 Å². The molecule has 3 rings (SSSR count). The van der Waals surface area contributed by atoms with Crippen LogP contribution in [0.25, 0.3) is 11.0 Å². The maximum Gasteiger partial charge on any atom is 0.339 e. The van der Waals surface area contributed by atoms with Crippen LogP contribution in [0.2, 0.25) is 0 Å². The lowest BCUT2D eigenvalue weighted by Gasteiger charge is -2.33. The lowest BCUT2D eigenvalue weighted by Crippen LogP contribution is -2.41. The summed E-state index contributed by atoms with van der Waals surface area (Å²) in [6.45, 7) is 5.65. The normalized spacial score (nSPS) is 19.9. The molecule has 2 aromatic rings. The van der Waals surface area contributed by atoms with Crippen molar-refractivity contribution in [2.75, 3.05) is 13.7 Å². The Labute approximate surface area is 159 Å². The van der Waals surface area contributed by atoms with Gasteiger partial charge in [-0.2, -0.15) is 5.10 Å². The number of aromatic nitrogens is 3. The second kappa shape index (κ2) is 7.66. The minimum atomic E-state index is -0.513. The number of carbonyl (C=O) groups is 2. The van der Waals surface area contributed by atoms with E-state index < -0.39 is 5.97 Å². The summed E-state index contributed by atoms with van der Waals surface area (Å²) in [5.41, 5.74) is 2.47. The molecule has 1 aliphatic carbocycles. The van der Waals surface area contributed by atoms with Crippen molar-refractivity contribution < 1.29 is 14.3 Å². The summed E-state index contributed by atoms with van der Waals surface area (Å²) in [6.07, 6.45) is 4.29. The number of amides is 1. The maximum atomic E-state index is 12.7. The zero-order valence-electron chi connectivity index (χ0n) is 16.8. The molecule has 0 bridgehead atoms. The molecule has 2 heterocycles. The number of ether oxygens (including phenoxy) is 1. The molecule has 0 N–H and O–H groups in total. The number of fused-ring (bicyclic) bond motifs is 1. The number of aryl methyl sites for hydroxylation is 3. The van der Waals surface area contributed by atoms with Crippen molar-refractivity contribution in [1.29, 1.82) is 0 Å². The van der Waals surface area contributed by atoms with Crippen LogP contribution in [-0.2, 0) is 16.6 Å². The molecule has 146 valence electrons. The van der Waals surface area contributed by atoms with E-state index in [1.165, 1.54) is 0 Å². The van der Waals surface area contributed by atoms with Gasteiger partial charge in [-0.05, 0) is 51.5 Å². The summed E-state index contributed by atoms with van der Waals surface area (Å²) in [6, 6.07) is 1.93. The number of pyridine rings is 1. The fraction of sp³-hybridized carbons (Fsp3) is 0.600. The van der Waals surface area contributed by atoms with E-state index in [-0.39, 0.29) is 18.6 Å². The van der Waals surface area contributed by atoms with E-state index >= 15 is 0 Å². The van der Waals surface area contributed by atoms with Crippen molar-refractivity contribution in [3.63, 3.8) is 0 Å². The first kappa shape index (κ1) is 19.3. The van der Waals surface area contributed by atoms with Gasteiger partial charge in [-0.25, -0.2) is 9.78 Å². The summed E-state index contributed by atoms with van der Waals surface area (Å²) in [5, 5.41) is 5.01. The molecule has 1 aliphatic rings. The number of nitrogens with zero attached hydrogens (tertiary/aromatic N) is 4. The highest BCUT2D eigenvalue weighted by Gasteiger charge is 2.26. The zero-order chi connectivity index (χ0) is 19.7. The van der Waals surface area contributed by atoms with E-state index in [1.807, 2.05) is 13.8 Å². The Kier molecular flexibility index (Phi) is 5.48. The highest BCUT2D eigenvalue weighted by Crippen LogP contribution is 2.26. The predicted molar refractivity (Wildman–Crippen MR) is 102 cm³/mol. The standard InChI is InChI=1S/C20H28N4O3/c1-12-6-8-15(9-7-12)23(4)17(25)11-27-20(26)16-10-13(2)21-19-18(16)14(3)22-24(19)5/h10,12,15H,6-9,11H2,1-5H3. The maximum absolute atomic E-state index is 12.7. The van der Waals surface area contributed by atoms with Crippen LogP contribution in [-0.4, -0.2) is 51.2 Å². The van der Waals surface area contributed by atoms with E-state index in [2.05, 4.69) is 17.0 Å². The molecule has 7 heteroatoms. The third-order valence-electron chi connectivity index (χ3n) is 5.57. The fourth-order valence-corrected chi connectivity index (χ4v) is 3.87. The Hall–Kier alpha value is -2.44. The first-order valence-electron chi connectivity index (χ1n) is 9.51. The second-order valence-electron chi connectivity index (χ2n) is 7.71. The molecule has 0 aromatic carbocycles. The van der Waals surface area contributed by atoms with Gasteiger partial charge in [-0.1, -0.05) is 6.92 Å². The average Bonchev–Trinajstić information content (AvgIpc) is 2.92. The van der Waals surface area contributed by atoms with Crippen molar-refractivity contribution in [3.8, 4) is 0 Å². The summed E-state index contributed by atoms with van der Waals surface area (Å²) in [5.74, 6) is 0.0519. The molecule has 1 saturated carbocycles. The van der Waals surface area contributed by atoms with E-state index in [4.69, 9.17) is 4.74 Å². The smallest absolute Gasteiger partial charge is 0.339 e. The van der Waals surface area contributed by atoms with Gasteiger partial charge >= 0.3 is 5.97 Å². The molecule has 0 radical (unpaired) electrons. The second-order valence-corrected chi connectivity index (χ2v) is 7.71. The summed E-state index contributed by atoms with van der Waals surface area (Å²) < 4.78 is 7.01. The molecule has 2 aromatic heterocycles. The molecular weight excluding hydrogens is 344 g/mol. The first-order valence-corrected chi connectivity index (χ1v) is 9.51. The molecule has 1 amide bonds. The van der Waals surface area contributed by atoms with Crippen molar-refractivity contribution >= 4 is 22.9 Å². The Morgan fingerprint density at radius 3 is 2.59 bits per heavy atom. The average molecular weight is 372 g/mol. The Morgan fingerprint density at radius 1 is 1.26 bits per heavy atom. The number of likely N-dealkylation sites (N-methyl/N-ethyl adjacent to an activating group) is 1. The summed E-state index contributed by atoms with van der Waals surface area (Å²) in [4.78, 5) is 31.3. The van der Waals surface area contributed by atoms with Crippen LogP contribution in [0.1, 0.15) is 54.4 Å². The zero-order valence-corrected chi connectivity index (χ0v) is 16.8. The predicted octanol–water partition coefficient (Wildman–Crippen LogP) is 2.78. The summed E-state index contributed by atoms with van der Waals surface area (Å²) >= 11 is 0. The number of hydrogen-bond donors (Lipinski definition) is 0. The minimum Gasteiger partial charge on any atom is -0.452 e. The van der Waals surface area contributed by atoms with Crippen LogP contribution in [0.4, 0.5) is 0 Å². The molecule has 0 saturated heterocycles. The highest BCUT2D eigenvalue weighted by atomic mass is 16.5. The van der Waals surface area contributed by atoms with Gasteiger partial charge in [0.25, 0.3) is 5.91 Å². The van der Waals surface area contributed by atoms with Gasteiger partial charge in [0.15, 0.2) is 12.3 Å². The Morgan fingerprint density at radius 2 is 1.93 bits per heavy atom. The topological polar surface area (TPSA) is 77.3 Å². The van der Waals surface area contributed by atoms with Gasteiger partial charge in [0.05, 0.1) is 16.6 Å². The molecule has 0 spiro atoms. The molecule has 7 nitrogen and oxygen atoms in total. The van der Waals surface area contributed by atoms with Gasteiger partial charge < -0.3 is 9.64 Å². The Bertz CT molecular complexity index is 866. The minimum absolute atomic E-state index is 0.159. The van der Waals surface area contributed by atoms with Crippen molar-refractivity contribution in [2.24, 2.45) is 13.0 Å². The largest absolute Gasteiger partial charge is 0.452 e. The molecule has 0 aliphatic heterocycles. The number of rotatable bonds is 4. The van der Waals surface area contributed by atoms with E-state index in [1.54, 1.807) is 29.7 Å². The van der Waals surface area contributed by atoms with Crippen molar-refractivity contribution in [2.45, 2.75) is 52.5 Å². The van der Waals surface area contributed by atoms with Crippen LogP contribution in [0.3, 0.4) is 0 Å². The van der Waals surface area contributed by atoms with E-state index in [9.17, 15) is 9.59 Å².